The Morgan fingerprint density at radius 2 is 1.02 bits per heavy atom. The van der Waals surface area contributed by atoms with Gasteiger partial charge in [0.1, 0.15) is 24.4 Å². The second-order valence-corrected chi connectivity index (χ2v) is 54.0. The molecule has 2 aromatic rings. The SMILES string of the molecule is CCc1ccc(C(O[Si](C(C)C)(C(C)C)C(C)C)c2cc(C3(O)O[C@H](CO[Si](C)(C)C)[C@@H](O[Si](C)(C)C)[C@H](O[Si](C)(C)C)[C@H]3O[Si](C)(C)C)ccc2CO[Si](C(C)C)(C(C)C)C(C)C)cc1. The van der Waals surface area contributed by atoms with Gasteiger partial charge in [0.2, 0.25) is 22.4 Å². The van der Waals surface area contributed by atoms with Gasteiger partial charge in [0.15, 0.2) is 33.3 Å². The standard InChI is InChI=1S/C52H100O8Si6/c1-26-42-27-29-43(30-28-42)48(59-66(39(8)9,40(10)11)41(12)13)46-33-45(32-31-44(46)34-55-65(36(2)3,37(4)5)38(6)7)52(53)51(60-64(23,24)25)50(58-63(20,21)22)49(57-62(17,18)19)47(56-52)35-54-61(14,15)16/h27-33,36-41,47-51,53H,26,34-35H2,1-25H3/t47-,48?,49-,50+,51-,52?/m1/s1. The van der Waals surface area contributed by atoms with Crippen LogP contribution in [0.3, 0.4) is 0 Å². The Labute approximate surface area is 412 Å². The van der Waals surface area contributed by atoms with Gasteiger partial charge in [0, 0.05) is 5.56 Å². The van der Waals surface area contributed by atoms with E-state index < -0.39 is 86.2 Å². The monoisotopic (exact) mass is 1020 g/mol. The van der Waals surface area contributed by atoms with E-state index in [1.54, 1.807) is 0 Å². The number of ether oxygens (including phenoxy) is 1. The summed E-state index contributed by atoms with van der Waals surface area (Å²) in [7, 11) is -13.8. The molecule has 66 heavy (non-hydrogen) atoms. The highest BCUT2D eigenvalue weighted by Crippen LogP contribution is 2.50. The molecule has 0 aromatic heterocycles. The first kappa shape index (κ1) is 59.7. The van der Waals surface area contributed by atoms with E-state index in [1.807, 2.05) is 0 Å². The fourth-order valence-electron chi connectivity index (χ4n) is 11.0. The van der Waals surface area contributed by atoms with Gasteiger partial charge in [-0.15, -0.1) is 0 Å². The van der Waals surface area contributed by atoms with Crippen molar-refractivity contribution < 1.29 is 36.4 Å². The number of hydrogen-bond donors (Lipinski definition) is 1. The van der Waals surface area contributed by atoms with Crippen molar-refractivity contribution in [2.75, 3.05) is 6.61 Å². The van der Waals surface area contributed by atoms with Crippen molar-refractivity contribution in [3.8, 4) is 0 Å². The number of benzene rings is 2. The third-order valence-electron chi connectivity index (χ3n) is 13.6. The first-order valence-electron chi connectivity index (χ1n) is 25.6. The van der Waals surface area contributed by atoms with Gasteiger partial charge >= 0.3 is 0 Å². The van der Waals surface area contributed by atoms with E-state index in [-0.39, 0.29) is 6.61 Å². The summed E-state index contributed by atoms with van der Waals surface area (Å²) >= 11 is 0. The predicted octanol–water partition coefficient (Wildman–Crippen LogP) is 15.3. The Morgan fingerprint density at radius 1 is 0.561 bits per heavy atom. The first-order chi connectivity index (χ1) is 30.0. The van der Waals surface area contributed by atoms with E-state index in [2.05, 4.69) is 211 Å². The van der Waals surface area contributed by atoms with E-state index in [0.717, 1.165) is 23.1 Å². The van der Waals surface area contributed by atoms with Crippen molar-refractivity contribution in [1.82, 2.24) is 0 Å². The van der Waals surface area contributed by atoms with E-state index in [4.69, 9.17) is 31.3 Å². The van der Waals surface area contributed by atoms with E-state index in [9.17, 15) is 5.11 Å². The van der Waals surface area contributed by atoms with Crippen molar-refractivity contribution in [2.24, 2.45) is 0 Å². The molecule has 1 aliphatic rings. The normalized spacial score (nSPS) is 22.5. The average Bonchev–Trinajstić information content (AvgIpc) is 3.15. The Hall–Kier alpha value is -0.579. The second-order valence-electron chi connectivity index (χ2n) is 25.2. The van der Waals surface area contributed by atoms with Crippen molar-refractivity contribution >= 4 is 49.9 Å². The molecule has 1 saturated heterocycles. The zero-order chi connectivity index (χ0) is 50.8. The van der Waals surface area contributed by atoms with Gasteiger partial charge in [0.25, 0.3) is 0 Å². The zero-order valence-corrected chi connectivity index (χ0v) is 52.8. The van der Waals surface area contributed by atoms with E-state index in [1.165, 1.54) is 5.56 Å². The number of aryl methyl sites for hydroxylation is 1. The lowest BCUT2D eigenvalue weighted by atomic mass is 9.85. The summed E-state index contributed by atoms with van der Waals surface area (Å²) in [5.41, 5.74) is 7.33. The summed E-state index contributed by atoms with van der Waals surface area (Å²) in [5, 5.41) is 13.9. The quantitative estimate of drug-likeness (QED) is 0.104. The van der Waals surface area contributed by atoms with Crippen molar-refractivity contribution in [3.05, 3.63) is 70.3 Å². The van der Waals surface area contributed by atoms with E-state index in [0.29, 0.717) is 45.4 Å². The highest BCUT2D eigenvalue weighted by atomic mass is 28.4. The van der Waals surface area contributed by atoms with Crippen molar-refractivity contribution in [2.45, 2.75) is 251 Å². The lowest BCUT2D eigenvalue weighted by Crippen LogP contribution is -2.69. The summed E-state index contributed by atoms with van der Waals surface area (Å²) in [6, 6.07) is 15.5. The summed E-state index contributed by atoms with van der Waals surface area (Å²) in [5.74, 6) is -1.93. The number of rotatable bonds is 24. The molecule has 380 valence electrons. The molecule has 2 aromatic carbocycles. The van der Waals surface area contributed by atoms with Crippen LogP contribution in [-0.4, -0.2) is 86.0 Å². The molecule has 0 radical (unpaired) electrons. The van der Waals surface area contributed by atoms with Gasteiger partial charge in [-0.05, 0) is 147 Å². The molecule has 3 rings (SSSR count). The highest BCUT2D eigenvalue weighted by Gasteiger charge is 2.59. The molecule has 1 fully saturated rings. The highest BCUT2D eigenvalue weighted by molar-refractivity contribution is 6.78. The molecule has 0 aliphatic carbocycles. The molecular weight excluding hydrogens is 921 g/mol. The zero-order valence-electron chi connectivity index (χ0n) is 46.8. The summed E-state index contributed by atoms with van der Waals surface area (Å²) in [4.78, 5) is 0. The minimum Gasteiger partial charge on any atom is -0.415 e. The smallest absolute Gasteiger partial charge is 0.221 e. The lowest BCUT2D eigenvalue weighted by Gasteiger charge is -2.54. The molecule has 0 amide bonds. The third-order valence-corrected chi connectivity index (χ3v) is 29.7. The minimum atomic E-state index is -2.53. The maximum Gasteiger partial charge on any atom is 0.221 e. The van der Waals surface area contributed by atoms with Crippen LogP contribution in [0.5, 0.6) is 0 Å². The Balaban J connectivity index is 2.61. The van der Waals surface area contributed by atoms with Crippen molar-refractivity contribution in [1.29, 1.82) is 0 Å². The van der Waals surface area contributed by atoms with Crippen LogP contribution in [0.25, 0.3) is 0 Å². The van der Waals surface area contributed by atoms with Gasteiger partial charge in [-0.2, -0.15) is 0 Å². The molecule has 0 spiro atoms. The Morgan fingerprint density at radius 3 is 1.42 bits per heavy atom. The van der Waals surface area contributed by atoms with Gasteiger partial charge in [-0.1, -0.05) is 126 Å². The predicted molar refractivity (Wildman–Crippen MR) is 295 cm³/mol. The fraction of sp³-hybridized carbons (Fsp3) is 0.769. The first-order valence-corrected chi connectivity index (χ1v) is 43.5. The minimum absolute atomic E-state index is 0.268. The van der Waals surface area contributed by atoms with Crippen LogP contribution in [0.2, 0.25) is 112 Å². The van der Waals surface area contributed by atoms with Crippen LogP contribution in [0.15, 0.2) is 42.5 Å². The molecule has 1 heterocycles. The van der Waals surface area contributed by atoms with Crippen LogP contribution in [0.1, 0.15) is 124 Å². The molecule has 2 unspecified atom stereocenters. The Bertz CT molecular complexity index is 1770. The summed E-state index contributed by atoms with van der Waals surface area (Å²) in [6.07, 6.45) is -2.15. The van der Waals surface area contributed by atoms with Crippen LogP contribution < -0.4 is 0 Å². The third kappa shape index (κ3) is 14.8. The largest absolute Gasteiger partial charge is 0.415 e. The lowest BCUT2D eigenvalue weighted by molar-refractivity contribution is -0.348. The van der Waals surface area contributed by atoms with Crippen LogP contribution in [0, 0.1) is 0 Å². The molecule has 8 nitrogen and oxygen atoms in total. The van der Waals surface area contributed by atoms with Gasteiger partial charge in [-0.3, -0.25) is 0 Å². The number of hydrogen-bond acceptors (Lipinski definition) is 8. The topological polar surface area (TPSA) is 84.8 Å². The second kappa shape index (κ2) is 22.9. The maximum absolute atomic E-state index is 13.9. The molecule has 0 saturated carbocycles. The molecule has 6 atom stereocenters. The molecule has 14 heteroatoms. The van der Waals surface area contributed by atoms with E-state index >= 15 is 0 Å². The fourth-order valence-corrected chi connectivity index (χ4v) is 25.8. The van der Waals surface area contributed by atoms with Gasteiger partial charge < -0.3 is 36.4 Å². The average molecular weight is 1020 g/mol. The van der Waals surface area contributed by atoms with Gasteiger partial charge in [0.05, 0.1) is 19.3 Å². The molecule has 1 N–H and O–H groups in total. The van der Waals surface area contributed by atoms with Crippen LogP contribution in [0.4, 0.5) is 0 Å². The van der Waals surface area contributed by atoms with Gasteiger partial charge in [-0.25, -0.2) is 0 Å². The van der Waals surface area contributed by atoms with Crippen LogP contribution in [-0.2, 0) is 50.1 Å². The number of aliphatic hydroxyl groups is 1. The molecule has 0 bridgehead atoms. The summed E-state index contributed by atoms with van der Waals surface area (Å²) in [6.45, 7) is 57.4. The Kier molecular flexibility index (Phi) is 20.7. The molecule has 1 aliphatic heterocycles. The summed E-state index contributed by atoms with van der Waals surface area (Å²) < 4.78 is 51.1. The van der Waals surface area contributed by atoms with Crippen LogP contribution >= 0.6 is 0 Å². The molecular formula is C52H100O8Si6. The maximum atomic E-state index is 13.9. The van der Waals surface area contributed by atoms with Crippen molar-refractivity contribution in [3.63, 3.8) is 0 Å².